The minimum absolute atomic E-state index is 0. The van der Waals surface area contributed by atoms with E-state index in [9.17, 15) is 10.2 Å². The van der Waals surface area contributed by atoms with Gasteiger partial charge in [0.15, 0.2) is 11.5 Å². The van der Waals surface area contributed by atoms with Gasteiger partial charge in [-0.2, -0.15) is 0 Å². The predicted molar refractivity (Wildman–Crippen MR) is 139 cm³/mol. The van der Waals surface area contributed by atoms with E-state index < -0.39 is 11.2 Å². The maximum atomic E-state index is 12.2. The lowest BCUT2D eigenvalue weighted by atomic mass is 9.33. The molecule has 2 spiro atoms. The lowest BCUT2D eigenvalue weighted by Gasteiger charge is -2.75. The summed E-state index contributed by atoms with van der Waals surface area (Å²) in [4.78, 5) is 2.70. The van der Waals surface area contributed by atoms with Gasteiger partial charge in [0.25, 0.3) is 0 Å². The van der Waals surface area contributed by atoms with Crippen LogP contribution in [0.25, 0.3) is 0 Å². The van der Waals surface area contributed by atoms with Crippen LogP contribution < -0.4 is 4.74 Å². The standard InChI is InChI=1S/C29H41NO4.CH4/c1-7-8-14-30-15-13-28-22-18-9-10-19(31)23(22)34-24(28)29(33-6)12-11-27(28,21(30)16-18)17-20(29)26(5,32)25(2,3)4;/h7,9-10,20-21,24,31-32H,1,8,11-17H2,2-6H3;1H4/t20-,21-,24-,26+,27-,28+,29+;/m1./s1. The van der Waals surface area contributed by atoms with Crippen molar-refractivity contribution in [2.24, 2.45) is 16.7 Å². The summed E-state index contributed by atoms with van der Waals surface area (Å²) in [6.07, 6.45) is 7.67. The van der Waals surface area contributed by atoms with Gasteiger partial charge in [-0.15, -0.1) is 6.58 Å². The summed E-state index contributed by atoms with van der Waals surface area (Å²) in [7, 11) is 1.81. The number of piperidine rings is 1. The number of benzene rings is 1. The lowest BCUT2D eigenvalue weighted by Crippen LogP contribution is -2.83. The fourth-order valence-corrected chi connectivity index (χ4v) is 9.25. The van der Waals surface area contributed by atoms with Crippen molar-refractivity contribution in [2.75, 3.05) is 20.2 Å². The van der Waals surface area contributed by atoms with E-state index in [1.807, 2.05) is 26.2 Å². The Bertz CT molecular complexity index is 1040. The first-order chi connectivity index (χ1) is 16.0. The third-order valence-corrected chi connectivity index (χ3v) is 11.3. The molecule has 2 heterocycles. The average Bonchev–Trinajstić information content (AvgIpc) is 3.16. The van der Waals surface area contributed by atoms with Crippen LogP contribution in [0.1, 0.15) is 78.4 Å². The molecule has 2 N–H and O–H groups in total. The van der Waals surface area contributed by atoms with Gasteiger partial charge in [0.2, 0.25) is 0 Å². The largest absolute Gasteiger partial charge is 0.504 e. The van der Waals surface area contributed by atoms with Crippen LogP contribution in [0.3, 0.4) is 0 Å². The van der Waals surface area contributed by atoms with Crippen molar-refractivity contribution in [1.82, 2.24) is 4.90 Å². The molecule has 1 aromatic carbocycles. The third-order valence-electron chi connectivity index (χ3n) is 11.3. The summed E-state index contributed by atoms with van der Waals surface area (Å²) in [6, 6.07) is 4.33. The van der Waals surface area contributed by atoms with Gasteiger partial charge in [-0.25, -0.2) is 0 Å². The molecule has 1 saturated heterocycles. The first-order valence-electron chi connectivity index (χ1n) is 13.1. The molecule has 4 aliphatic carbocycles. The van der Waals surface area contributed by atoms with E-state index in [2.05, 4.69) is 38.3 Å². The number of methoxy groups -OCH3 is 1. The fraction of sp³-hybridized carbons (Fsp3) is 0.733. The van der Waals surface area contributed by atoms with E-state index in [4.69, 9.17) is 9.47 Å². The van der Waals surface area contributed by atoms with Crippen molar-refractivity contribution in [2.45, 2.75) is 102 Å². The molecule has 7 atom stereocenters. The Kier molecular flexibility index (Phi) is 5.37. The highest BCUT2D eigenvalue weighted by Crippen LogP contribution is 2.77. The minimum Gasteiger partial charge on any atom is -0.504 e. The van der Waals surface area contributed by atoms with Crippen LogP contribution in [-0.2, 0) is 16.6 Å². The molecular formula is C30H45NO4. The van der Waals surface area contributed by atoms with Crippen molar-refractivity contribution < 1.29 is 19.7 Å². The molecule has 0 aromatic heterocycles. The van der Waals surface area contributed by atoms with Crippen molar-refractivity contribution in [1.29, 1.82) is 0 Å². The molecule has 6 aliphatic rings. The maximum Gasteiger partial charge on any atom is 0.165 e. The number of likely N-dealkylation sites (tertiary alicyclic amines) is 1. The van der Waals surface area contributed by atoms with Crippen molar-refractivity contribution in [3.05, 3.63) is 35.9 Å². The van der Waals surface area contributed by atoms with E-state index in [1.165, 1.54) is 11.1 Å². The van der Waals surface area contributed by atoms with Crippen LogP contribution in [0.4, 0.5) is 0 Å². The van der Waals surface area contributed by atoms with Gasteiger partial charge in [-0.1, -0.05) is 40.3 Å². The van der Waals surface area contributed by atoms with Gasteiger partial charge in [0.1, 0.15) is 11.7 Å². The number of phenols is 1. The minimum atomic E-state index is -0.932. The quantitative estimate of drug-likeness (QED) is 0.563. The molecule has 1 aromatic rings. The van der Waals surface area contributed by atoms with Crippen molar-refractivity contribution in [3.63, 3.8) is 0 Å². The van der Waals surface area contributed by atoms with Gasteiger partial charge in [0.05, 0.1) is 5.60 Å². The lowest BCUT2D eigenvalue weighted by molar-refractivity contribution is -0.312. The average molecular weight is 484 g/mol. The zero-order valence-corrected chi connectivity index (χ0v) is 21.5. The fourth-order valence-electron chi connectivity index (χ4n) is 9.25. The van der Waals surface area contributed by atoms with Crippen LogP contribution in [0.5, 0.6) is 11.5 Å². The molecule has 2 aliphatic heterocycles. The second-order valence-electron chi connectivity index (χ2n) is 13.0. The van der Waals surface area contributed by atoms with E-state index in [-0.39, 0.29) is 41.4 Å². The summed E-state index contributed by atoms with van der Waals surface area (Å²) < 4.78 is 13.4. The van der Waals surface area contributed by atoms with Crippen LogP contribution in [0.2, 0.25) is 0 Å². The second-order valence-corrected chi connectivity index (χ2v) is 13.0. The molecule has 194 valence electrons. The van der Waals surface area contributed by atoms with Gasteiger partial charge >= 0.3 is 0 Å². The molecule has 4 bridgehead atoms. The summed E-state index contributed by atoms with van der Waals surface area (Å²) >= 11 is 0. The Hall–Kier alpha value is -1.56. The molecule has 5 nitrogen and oxygen atoms in total. The smallest absolute Gasteiger partial charge is 0.165 e. The molecule has 0 radical (unpaired) electrons. The topological polar surface area (TPSA) is 62.2 Å². The number of fused-ring (bicyclic) bond motifs is 2. The van der Waals surface area contributed by atoms with Gasteiger partial charge in [-0.05, 0) is 69.0 Å². The molecule has 0 amide bonds. The number of aromatic hydroxyl groups is 1. The number of hydrogen-bond donors (Lipinski definition) is 2. The zero-order valence-electron chi connectivity index (χ0n) is 21.5. The first-order valence-corrected chi connectivity index (χ1v) is 13.1. The Morgan fingerprint density at radius 1 is 1.23 bits per heavy atom. The Balaban J connectivity index is 0.00000253. The van der Waals surface area contributed by atoms with Crippen molar-refractivity contribution in [3.8, 4) is 11.5 Å². The molecular weight excluding hydrogens is 438 g/mol. The van der Waals surface area contributed by atoms with E-state index in [0.29, 0.717) is 11.8 Å². The van der Waals surface area contributed by atoms with E-state index in [0.717, 1.165) is 51.6 Å². The summed E-state index contributed by atoms with van der Waals surface area (Å²) in [5, 5.41) is 23.1. The van der Waals surface area contributed by atoms with E-state index in [1.54, 1.807) is 0 Å². The SMILES string of the molecule is C.C=CCCN1CC[C@]23c4c5ccc(O)c4O[C@H]2[C@]2(OC)CC[C@@]3(C[C@@H]2[C@](C)(O)C(C)(C)C)[C@H]1C5. The highest BCUT2D eigenvalue weighted by molar-refractivity contribution is 5.63. The second kappa shape index (κ2) is 7.49. The van der Waals surface area contributed by atoms with Crippen LogP contribution in [0.15, 0.2) is 24.8 Å². The number of hydrogen-bond acceptors (Lipinski definition) is 5. The summed E-state index contributed by atoms with van der Waals surface area (Å²) in [5.41, 5.74) is 0.562. The highest BCUT2D eigenvalue weighted by atomic mass is 16.6. The van der Waals surface area contributed by atoms with Crippen LogP contribution in [0, 0.1) is 16.7 Å². The molecule has 7 rings (SSSR count). The Morgan fingerprint density at radius 2 is 1.97 bits per heavy atom. The Morgan fingerprint density at radius 3 is 2.63 bits per heavy atom. The predicted octanol–water partition coefficient (Wildman–Crippen LogP) is 5.22. The van der Waals surface area contributed by atoms with Gasteiger partial charge in [0, 0.05) is 42.0 Å². The number of rotatable bonds is 5. The number of ether oxygens (including phenoxy) is 2. The summed E-state index contributed by atoms with van der Waals surface area (Å²) in [6.45, 7) is 14.5. The van der Waals surface area contributed by atoms with Crippen LogP contribution in [-0.4, -0.2) is 58.7 Å². The molecule has 0 unspecified atom stereocenters. The zero-order chi connectivity index (χ0) is 24.3. The van der Waals surface area contributed by atoms with Crippen molar-refractivity contribution >= 4 is 0 Å². The molecule has 35 heavy (non-hydrogen) atoms. The van der Waals surface area contributed by atoms with E-state index >= 15 is 0 Å². The third kappa shape index (κ3) is 2.65. The summed E-state index contributed by atoms with van der Waals surface area (Å²) in [5.74, 6) is 0.871. The Labute approximate surface area is 211 Å². The van der Waals surface area contributed by atoms with Gasteiger partial charge < -0.3 is 19.7 Å². The number of aliphatic hydroxyl groups is 1. The molecule has 3 saturated carbocycles. The number of nitrogens with zero attached hydrogens (tertiary/aromatic N) is 1. The number of phenolic OH excluding ortho intramolecular Hbond substituents is 1. The molecule has 4 fully saturated rings. The highest BCUT2D eigenvalue weighted by Gasteiger charge is 2.82. The first kappa shape index (κ1) is 25.1. The maximum absolute atomic E-state index is 12.2. The van der Waals surface area contributed by atoms with Gasteiger partial charge in [-0.3, -0.25) is 4.90 Å². The normalized spacial score (nSPS) is 40.3. The monoisotopic (exact) mass is 483 g/mol. The van der Waals surface area contributed by atoms with Crippen LogP contribution >= 0.6 is 0 Å². The molecule has 5 heteroatoms.